The average Bonchev–Trinajstić information content (AvgIpc) is 3.45. The Bertz CT molecular complexity index is 1050. The van der Waals surface area contributed by atoms with Crippen molar-refractivity contribution in [1.29, 1.82) is 0 Å². The van der Waals surface area contributed by atoms with Gasteiger partial charge in [0, 0.05) is 56.5 Å². The fourth-order valence-electron chi connectivity index (χ4n) is 3.72. The van der Waals surface area contributed by atoms with Crippen LogP contribution in [0, 0.1) is 0 Å². The molecule has 0 amide bonds. The number of nitrogens with one attached hydrogen (secondary N) is 1. The molecule has 1 aliphatic rings. The van der Waals surface area contributed by atoms with Gasteiger partial charge in [-0.25, -0.2) is 4.98 Å². The lowest BCUT2D eigenvalue weighted by molar-refractivity contribution is 0.506. The number of furan rings is 1. The minimum atomic E-state index is 0.768. The number of hydrogen-bond donors (Lipinski definition) is 1. The van der Waals surface area contributed by atoms with Crippen LogP contribution in [0.4, 0.5) is 5.69 Å². The summed E-state index contributed by atoms with van der Waals surface area (Å²) in [6.07, 6.45) is 6.90. The minimum Gasteiger partial charge on any atom is -0.469 e. The second kappa shape index (κ2) is 7.44. The lowest BCUT2D eigenvalue weighted by Crippen LogP contribution is -2.43. The summed E-state index contributed by atoms with van der Waals surface area (Å²) in [5.74, 6) is 1.88. The zero-order valence-electron chi connectivity index (χ0n) is 15.6. The number of anilines is 1. The molecule has 0 spiro atoms. The van der Waals surface area contributed by atoms with Crippen LogP contribution < -0.4 is 10.2 Å². The van der Waals surface area contributed by atoms with Gasteiger partial charge in [-0.1, -0.05) is 12.1 Å². The highest BCUT2D eigenvalue weighted by molar-refractivity contribution is 5.77. The molecule has 0 unspecified atom stereocenters. The predicted octanol–water partition coefficient (Wildman–Crippen LogP) is 2.58. The third-order valence-electron chi connectivity index (χ3n) is 5.24. The summed E-state index contributed by atoms with van der Waals surface area (Å²) in [6.45, 7) is 4.15. The molecule has 0 saturated carbocycles. The van der Waals surface area contributed by atoms with E-state index in [1.54, 1.807) is 12.6 Å². The smallest absolute Gasteiger partial charge is 0.171 e. The fourth-order valence-corrected chi connectivity index (χ4v) is 3.72. The minimum absolute atomic E-state index is 0.768. The van der Waals surface area contributed by atoms with Crippen molar-refractivity contribution >= 4 is 11.3 Å². The number of benzene rings is 1. The zero-order valence-corrected chi connectivity index (χ0v) is 15.6. The van der Waals surface area contributed by atoms with Crippen molar-refractivity contribution < 1.29 is 4.42 Å². The number of hydrogen-bond acceptors (Lipinski definition) is 6. The Morgan fingerprint density at radius 1 is 1.04 bits per heavy atom. The molecule has 4 heterocycles. The van der Waals surface area contributed by atoms with Crippen molar-refractivity contribution in [3.8, 4) is 11.1 Å². The SMILES string of the molecule is c1coc(CCc2ncc(-c3ccc(N4CCNCC4)cc3)c3nncn23)c1. The molecule has 0 radical (unpaired) electrons. The molecule has 0 atom stereocenters. The maximum Gasteiger partial charge on any atom is 0.171 e. The normalized spacial score (nSPS) is 14.6. The van der Waals surface area contributed by atoms with Crippen molar-refractivity contribution in [3.63, 3.8) is 0 Å². The van der Waals surface area contributed by atoms with E-state index < -0.39 is 0 Å². The molecule has 0 bridgehead atoms. The number of nitrogens with zero attached hydrogens (tertiary/aromatic N) is 5. The Balaban J connectivity index is 1.41. The molecular formula is C21H22N6O. The molecule has 5 rings (SSSR count). The van der Waals surface area contributed by atoms with Gasteiger partial charge >= 0.3 is 0 Å². The van der Waals surface area contributed by atoms with Crippen LogP contribution in [0.3, 0.4) is 0 Å². The zero-order chi connectivity index (χ0) is 18.8. The average molecular weight is 374 g/mol. The van der Waals surface area contributed by atoms with Gasteiger partial charge in [-0.15, -0.1) is 10.2 Å². The maximum absolute atomic E-state index is 5.43. The topological polar surface area (TPSA) is 71.5 Å². The van der Waals surface area contributed by atoms with E-state index in [1.165, 1.54) is 5.69 Å². The molecule has 4 aromatic rings. The van der Waals surface area contributed by atoms with E-state index in [0.717, 1.165) is 67.4 Å². The quantitative estimate of drug-likeness (QED) is 0.579. The Morgan fingerprint density at radius 3 is 2.68 bits per heavy atom. The summed E-state index contributed by atoms with van der Waals surface area (Å²) >= 11 is 0. The first kappa shape index (κ1) is 16.9. The highest BCUT2D eigenvalue weighted by Crippen LogP contribution is 2.26. The van der Waals surface area contributed by atoms with Crippen LogP contribution in [-0.4, -0.2) is 45.8 Å². The second-order valence-electron chi connectivity index (χ2n) is 6.98. The maximum atomic E-state index is 5.43. The summed E-state index contributed by atoms with van der Waals surface area (Å²) in [6, 6.07) is 12.5. The van der Waals surface area contributed by atoms with Crippen molar-refractivity contribution in [2.75, 3.05) is 31.1 Å². The van der Waals surface area contributed by atoms with Gasteiger partial charge in [0.1, 0.15) is 17.9 Å². The van der Waals surface area contributed by atoms with Crippen molar-refractivity contribution in [3.05, 3.63) is 66.8 Å². The highest BCUT2D eigenvalue weighted by Gasteiger charge is 2.14. The molecule has 7 nitrogen and oxygen atoms in total. The van der Waals surface area contributed by atoms with E-state index in [1.807, 2.05) is 22.7 Å². The van der Waals surface area contributed by atoms with Crippen LogP contribution >= 0.6 is 0 Å². The Kier molecular flexibility index (Phi) is 4.50. The summed E-state index contributed by atoms with van der Waals surface area (Å²) in [5.41, 5.74) is 4.18. The van der Waals surface area contributed by atoms with Crippen LogP contribution in [0.5, 0.6) is 0 Å². The molecular weight excluding hydrogens is 352 g/mol. The third-order valence-corrected chi connectivity index (χ3v) is 5.24. The van der Waals surface area contributed by atoms with Crippen molar-refractivity contribution in [2.45, 2.75) is 12.8 Å². The van der Waals surface area contributed by atoms with Gasteiger partial charge < -0.3 is 14.6 Å². The molecule has 1 aliphatic heterocycles. The van der Waals surface area contributed by atoms with E-state index >= 15 is 0 Å². The van der Waals surface area contributed by atoms with Crippen LogP contribution in [-0.2, 0) is 12.8 Å². The standard InChI is InChI=1S/C21H22N6O/c1-2-18(28-13-1)7-8-20-23-14-19(21-25-24-15-27(20)21)16-3-5-17(6-4-16)26-11-9-22-10-12-26/h1-6,13-15,22H,7-12H2. The van der Waals surface area contributed by atoms with Gasteiger partial charge in [-0.05, 0) is 29.8 Å². The van der Waals surface area contributed by atoms with Crippen LogP contribution in [0.15, 0.2) is 59.6 Å². The number of aryl methyl sites for hydroxylation is 2. The van der Waals surface area contributed by atoms with Gasteiger partial charge in [0.05, 0.1) is 6.26 Å². The molecule has 28 heavy (non-hydrogen) atoms. The largest absolute Gasteiger partial charge is 0.469 e. The summed E-state index contributed by atoms with van der Waals surface area (Å²) in [4.78, 5) is 7.10. The lowest BCUT2D eigenvalue weighted by atomic mass is 10.1. The number of rotatable bonds is 5. The summed E-state index contributed by atoms with van der Waals surface area (Å²) in [7, 11) is 0. The highest BCUT2D eigenvalue weighted by atomic mass is 16.3. The van der Waals surface area contributed by atoms with Crippen LogP contribution in [0.1, 0.15) is 11.6 Å². The summed E-state index contributed by atoms with van der Waals surface area (Å²) < 4.78 is 7.40. The second-order valence-corrected chi connectivity index (χ2v) is 6.98. The third kappa shape index (κ3) is 3.25. The van der Waals surface area contributed by atoms with Gasteiger partial charge in [-0.2, -0.15) is 0 Å². The van der Waals surface area contributed by atoms with E-state index in [9.17, 15) is 0 Å². The monoisotopic (exact) mass is 374 g/mol. The molecule has 7 heteroatoms. The number of piperazine rings is 1. The first-order valence-corrected chi connectivity index (χ1v) is 9.64. The number of fused-ring (bicyclic) bond motifs is 1. The van der Waals surface area contributed by atoms with Crippen LogP contribution in [0.2, 0.25) is 0 Å². The van der Waals surface area contributed by atoms with Crippen molar-refractivity contribution in [2.24, 2.45) is 0 Å². The van der Waals surface area contributed by atoms with Gasteiger partial charge in [0.25, 0.3) is 0 Å². The van der Waals surface area contributed by atoms with E-state index in [-0.39, 0.29) is 0 Å². The Hall–Kier alpha value is -3.19. The molecule has 0 aliphatic carbocycles. The van der Waals surface area contributed by atoms with E-state index in [0.29, 0.717) is 0 Å². The molecule has 1 fully saturated rings. The Morgan fingerprint density at radius 2 is 1.89 bits per heavy atom. The van der Waals surface area contributed by atoms with E-state index in [2.05, 4.69) is 49.7 Å². The summed E-state index contributed by atoms with van der Waals surface area (Å²) in [5, 5.41) is 11.9. The first-order valence-electron chi connectivity index (χ1n) is 9.64. The van der Waals surface area contributed by atoms with Crippen LogP contribution in [0.25, 0.3) is 16.8 Å². The molecule has 1 saturated heterocycles. The Labute approximate surface area is 163 Å². The molecule has 142 valence electrons. The van der Waals surface area contributed by atoms with Crippen molar-refractivity contribution in [1.82, 2.24) is 24.9 Å². The number of aromatic nitrogens is 4. The fraction of sp³-hybridized carbons (Fsp3) is 0.286. The molecule has 3 aromatic heterocycles. The van der Waals surface area contributed by atoms with E-state index in [4.69, 9.17) is 4.42 Å². The first-order chi connectivity index (χ1) is 13.9. The molecule has 1 aromatic carbocycles. The van der Waals surface area contributed by atoms with Gasteiger partial charge in [0.2, 0.25) is 0 Å². The predicted molar refractivity (Wildman–Crippen MR) is 107 cm³/mol. The molecule has 1 N–H and O–H groups in total. The lowest BCUT2D eigenvalue weighted by Gasteiger charge is -2.29. The van der Waals surface area contributed by atoms with Gasteiger partial charge in [0.15, 0.2) is 5.65 Å². The van der Waals surface area contributed by atoms with Gasteiger partial charge in [-0.3, -0.25) is 4.40 Å².